The first-order valence-corrected chi connectivity index (χ1v) is 11.3. The van der Waals surface area contributed by atoms with Crippen LogP contribution in [-0.2, 0) is 22.9 Å². The first-order valence-electron chi connectivity index (χ1n) is 9.79. The smallest absolute Gasteiger partial charge is 0.244 e. The van der Waals surface area contributed by atoms with Crippen LogP contribution in [0.4, 0.5) is 0 Å². The van der Waals surface area contributed by atoms with Crippen LogP contribution in [0.15, 0.2) is 41.3 Å². The standard InChI is InChI=1S/C22H27NO4S/c1-22(2)14-18(17-10-6-7-11-19(17)27-22)23-28(24,25)21-13-16-9-5-4-8-15(16)12-20(21)26-3/h6-7,10-13,18,23H,4-5,8-9,14H2,1-3H3/t18-/m1/s1. The number of methoxy groups -OCH3 is 1. The topological polar surface area (TPSA) is 64.6 Å². The van der Waals surface area contributed by atoms with E-state index in [1.54, 1.807) is 6.07 Å². The van der Waals surface area contributed by atoms with Crippen molar-refractivity contribution in [1.29, 1.82) is 0 Å². The van der Waals surface area contributed by atoms with E-state index in [2.05, 4.69) is 4.72 Å². The van der Waals surface area contributed by atoms with E-state index in [9.17, 15) is 8.42 Å². The number of para-hydroxylation sites is 1. The highest BCUT2D eigenvalue weighted by molar-refractivity contribution is 7.89. The van der Waals surface area contributed by atoms with Gasteiger partial charge in [0.25, 0.3) is 0 Å². The number of hydrogen-bond acceptors (Lipinski definition) is 4. The summed E-state index contributed by atoms with van der Waals surface area (Å²) >= 11 is 0. The van der Waals surface area contributed by atoms with Crippen LogP contribution in [0.2, 0.25) is 0 Å². The van der Waals surface area contributed by atoms with Crippen LogP contribution in [0.3, 0.4) is 0 Å². The zero-order chi connectivity index (χ0) is 19.9. The van der Waals surface area contributed by atoms with Gasteiger partial charge < -0.3 is 9.47 Å². The molecule has 1 atom stereocenters. The Morgan fingerprint density at radius 3 is 2.50 bits per heavy atom. The predicted octanol–water partition coefficient (Wildman–Crippen LogP) is 4.15. The lowest BCUT2D eigenvalue weighted by atomic mass is 9.90. The molecule has 0 bridgehead atoms. The number of sulfonamides is 1. The fraction of sp³-hybridized carbons (Fsp3) is 0.455. The quantitative estimate of drug-likeness (QED) is 0.836. The lowest BCUT2D eigenvalue weighted by Crippen LogP contribution is -2.41. The van der Waals surface area contributed by atoms with Crippen molar-refractivity contribution in [2.75, 3.05) is 7.11 Å². The molecule has 4 rings (SSSR count). The molecule has 0 aromatic heterocycles. The van der Waals surface area contributed by atoms with Gasteiger partial charge in [-0.05, 0) is 68.9 Å². The van der Waals surface area contributed by atoms with Gasteiger partial charge in [-0.25, -0.2) is 13.1 Å². The average Bonchev–Trinajstić information content (AvgIpc) is 2.65. The first-order chi connectivity index (χ1) is 13.3. The van der Waals surface area contributed by atoms with Crippen molar-refractivity contribution in [1.82, 2.24) is 4.72 Å². The predicted molar refractivity (Wildman–Crippen MR) is 108 cm³/mol. The largest absolute Gasteiger partial charge is 0.495 e. The fourth-order valence-electron chi connectivity index (χ4n) is 4.27. The highest BCUT2D eigenvalue weighted by Gasteiger charge is 2.36. The first kappa shape index (κ1) is 19.3. The second-order valence-corrected chi connectivity index (χ2v) is 9.94. The van der Waals surface area contributed by atoms with Crippen molar-refractivity contribution in [3.8, 4) is 11.5 Å². The molecule has 0 amide bonds. The molecule has 0 fully saturated rings. The van der Waals surface area contributed by atoms with E-state index < -0.39 is 15.6 Å². The lowest BCUT2D eigenvalue weighted by molar-refractivity contribution is 0.0702. The fourth-order valence-corrected chi connectivity index (χ4v) is 5.68. The number of hydrogen-bond donors (Lipinski definition) is 1. The Hall–Kier alpha value is -2.05. The zero-order valence-corrected chi connectivity index (χ0v) is 17.4. The van der Waals surface area contributed by atoms with Crippen molar-refractivity contribution in [3.63, 3.8) is 0 Å². The van der Waals surface area contributed by atoms with E-state index in [0.29, 0.717) is 12.2 Å². The molecule has 0 radical (unpaired) electrons. The molecule has 1 aliphatic carbocycles. The highest BCUT2D eigenvalue weighted by Crippen LogP contribution is 2.40. The van der Waals surface area contributed by atoms with Crippen LogP contribution in [0.1, 0.15) is 55.8 Å². The number of ether oxygens (including phenoxy) is 2. The van der Waals surface area contributed by atoms with Crippen LogP contribution in [-0.4, -0.2) is 21.1 Å². The molecular formula is C22H27NO4S. The molecule has 0 spiro atoms. The number of rotatable bonds is 4. The molecule has 1 N–H and O–H groups in total. The summed E-state index contributed by atoms with van der Waals surface area (Å²) in [7, 11) is -2.24. The minimum atomic E-state index is -3.76. The molecule has 6 heteroatoms. The second kappa shape index (κ2) is 7.08. The van der Waals surface area contributed by atoms with Gasteiger partial charge >= 0.3 is 0 Å². The number of nitrogens with one attached hydrogen (secondary N) is 1. The van der Waals surface area contributed by atoms with Crippen LogP contribution < -0.4 is 14.2 Å². The highest BCUT2D eigenvalue weighted by atomic mass is 32.2. The summed E-state index contributed by atoms with van der Waals surface area (Å²) in [5.41, 5.74) is 2.71. The van der Waals surface area contributed by atoms with Crippen LogP contribution >= 0.6 is 0 Å². The Morgan fingerprint density at radius 1 is 1.11 bits per heavy atom. The Morgan fingerprint density at radius 2 is 1.79 bits per heavy atom. The van der Waals surface area contributed by atoms with Gasteiger partial charge in [-0.2, -0.15) is 0 Å². The summed E-state index contributed by atoms with van der Waals surface area (Å²) in [4.78, 5) is 0.220. The molecule has 2 aromatic carbocycles. The molecule has 1 heterocycles. The minimum absolute atomic E-state index is 0.220. The maximum Gasteiger partial charge on any atom is 0.244 e. The van der Waals surface area contributed by atoms with E-state index >= 15 is 0 Å². The van der Waals surface area contributed by atoms with E-state index in [4.69, 9.17) is 9.47 Å². The summed E-state index contributed by atoms with van der Waals surface area (Å²) in [5.74, 6) is 1.14. The third kappa shape index (κ3) is 3.63. The van der Waals surface area contributed by atoms with Crippen LogP contribution in [0.5, 0.6) is 11.5 Å². The van der Waals surface area contributed by atoms with Crippen LogP contribution in [0, 0.1) is 0 Å². The molecule has 2 aliphatic rings. The van der Waals surface area contributed by atoms with E-state index in [1.807, 2.05) is 44.2 Å². The van der Waals surface area contributed by atoms with E-state index in [1.165, 1.54) is 12.7 Å². The zero-order valence-electron chi connectivity index (χ0n) is 16.6. The number of aryl methyl sites for hydroxylation is 2. The summed E-state index contributed by atoms with van der Waals surface area (Å²) in [5, 5.41) is 0. The Bertz CT molecular complexity index is 998. The number of benzene rings is 2. The summed E-state index contributed by atoms with van der Waals surface area (Å²) < 4.78 is 41.1. The molecule has 2 aromatic rings. The molecular weight excluding hydrogens is 374 g/mol. The molecule has 5 nitrogen and oxygen atoms in total. The number of fused-ring (bicyclic) bond motifs is 2. The van der Waals surface area contributed by atoms with Crippen molar-refractivity contribution < 1.29 is 17.9 Å². The molecule has 0 unspecified atom stereocenters. The Kier molecular flexibility index (Phi) is 4.88. The van der Waals surface area contributed by atoms with Gasteiger partial charge in [0.2, 0.25) is 10.0 Å². The Labute approximate surface area is 167 Å². The normalized spacial score (nSPS) is 20.6. The summed E-state index contributed by atoms with van der Waals surface area (Å²) in [6.07, 6.45) is 4.66. The van der Waals surface area contributed by atoms with Gasteiger partial charge in [-0.3, -0.25) is 0 Å². The maximum atomic E-state index is 13.4. The van der Waals surface area contributed by atoms with Gasteiger partial charge in [0.1, 0.15) is 22.0 Å². The molecule has 0 saturated carbocycles. The molecule has 1 aliphatic heterocycles. The molecule has 0 saturated heterocycles. The molecule has 28 heavy (non-hydrogen) atoms. The lowest BCUT2D eigenvalue weighted by Gasteiger charge is -2.37. The van der Waals surface area contributed by atoms with Crippen molar-refractivity contribution in [2.24, 2.45) is 0 Å². The van der Waals surface area contributed by atoms with Crippen LogP contribution in [0.25, 0.3) is 0 Å². The van der Waals surface area contributed by atoms with Gasteiger partial charge in [0, 0.05) is 12.0 Å². The van der Waals surface area contributed by atoms with Gasteiger partial charge in [0.15, 0.2) is 0 Å². The van der Waals surface area contributed by atoms with E-state index in [-0.39, 0.29) is 10.9 Å². The third-order valence-electron chi connectivity index (χ3n) is 5.59. The van der Waals surface area contributed by atoms with Crippen molar-refractivity contribution >= 4 is 10.0 Å². The average molecular weight is 402 g/mol. The van der Waals surface area contributed by atoms with Crippen molar-refractivity contribution in [2.45, 2.75) is 62.5 Å². The summed E-state index contributed by atoms with van der Waals surface area (Å²) in [6.45, 7) is 3.95. The monoisotopic (exact) mass is 401 g/mol. The molecule has 150 valence electrons. The summed E-state index contributed by atoms with van der Waals surface area (Å²) in [6, 6.07) is 10.9. The third-order valence-corrected chi connectivity index (χ3v) is 7.08. The van der Waals surface area contributed by atoms with Gasteiger partial charge in [0.05, 0.1) is 13.2 Å². The second-order valence-electron chi connectivity index (χ2n) is 8.26. The van der Waals surface area contributed by atoms with E-state index in [0.717, 1.165) is 42.6 Å². The van der Waals surface area contributed by atoms with Gasteiger partial charge in [-0.1, -0.05) is 18.2 Å². The minimum Gasteiger partial charge on any atom is -0.495 e. The van der Waals surface area contributed by atoms with Gasteiger partial charge in [-0.15, -0.1) is 0 Å². The van der Waals surface area contributed by atoms with Crippen molar-refractivity contribution in [3.05, 3.63) is 53.1 Å². The SMILES string of the molecule is COc1cc2c(cc1S(=O)(=O)N[C@@H]1CC(C)(C)Oc3ccccc31)CCCC2. The Balaban J connectivity index is 1.72. The maximum absolute atomic E-state index is 13.4.